The fraction of sp³-hybridized carbons (Fsp3) is 0.933. The van der Waals surface area contributed by atoms with Crippen molar-refractivity contribution in [1.29, 1.82) is 0 Å². The second-order valence-corrected chi connectivity index (χ2v) is 5.62. The molecule has 1 atom stereocenters. The van der Waals surface area contributed by atoms with Crippen LogP contribution in [0.2, 0.25) is 0 Å². The first-order valence-electron chi connectivity index (χ1n) is 7.70. The summed E-state index contributed by atoms with van der Waals surface area (Å²) >= 11 is 0. The molecule has 112 valence electrons. The van der Waals surface area contributed by atoms with Gasteiger partial charge in [-0.15, -0.1) is 0 Å². The van der Waals surface area contributed by atoms with Gasteiger partial charge < -0.3 is 15.2 Å². The van der Waals surface area contributed by atoms with Crippen molar-refractivity contribution in [2.75, 3.05) is 19.7 Å². The highest BCUT2D eigenvalue weighted by atomic mass is 16.5. The Hall–Kier alpha value is -0.610. The van der Waals surface area contributed by atoms with Crippen LogP contribution in [0.4, 0.5) is 0 Å². The summed E-state index contributed by atoms with van der Waals surface area (Å²) in [5, 5.41) is 13.0. The van der Waals surface area contributed by atoms with E-state index in [2.05, 4.69) is 12.2 Å². The number of aliphatic hydroxyl groups is 1. The van der Waals surface area contributed by atoms with Crippen LogP contribution >= 0.6 is 0 Å². The summed E-state index contributed by atoms with van der Waals surface area (Å²) in [6.45, 7) is 5.85. The smallest absolute Gasteiger partial charge is 0.308 e. The number of esters is 1. The minimum atomic E-state index is -0.633. The molecule has 1 rings (SSSR count). The third-order valence-corrected chi connectivity index (χ3v) is 4.06. The minimum absolute atomic E-state index is 0.0867. The average Bonchev–Trinajstić information content (AvgIpc) is 2.39. The number of hydrogen-bond acceptors (Lipinski definition) is 4. The Bertz CT molecular complexity index is 250. The van der Waals surface area contributed by atoms with Gasteiger partial charge >= 0.3 is 5.97 Å². The van der Waals surface area contributed by atoms with Crippen molar-refractivity contribution in [3.8, 4) is 0 Å². The fourth-order valence-corrected chi connectivity index (χ4v) is 2.78. The lowest BCUT2D eigenvalue weighted by molar-refractivity contribution is -0.145. The van der Waals surface area contributed by atoms with Crippen molar-refractivity contribution in [1.82, 2.24) is 5.32 Å². The van der Waals surface area contributed by atoms with Crippen molar-refractivity contribution >= 4 is 5.97 Å². The van der Waals surface area contributed by atoms with Gasteiger partial charge in [-0.25, -0.2) is 0 Å². The predicted octanol–water partition coefficient (Wildman–Crippen LogP) is 2.11. The number of nitrogens with one attached hydrogen (secondary N) is 1. The lowest BCUT2D eigenvalue weighted by Gasteiger charge is -2.28. The largest absolute Gasteiger partial charge is 0.466 e. The first-order valence-corrected chi connectivity index (χ1v) is 7.70. The van der Waals surface area contributed by atoms with Gasteiger partial charge in [-0.3, -0.25) is 4.79 Å². The highest BCUT2D eigenvalue weighted by Crippen LogP contribution is 2.29. The monoisotopic (exact) mass is 271 g/mol. The summed E-state index contributed by atoms with van der Waals surface area (Å²) in [6, 6.07) is 0. The summed E-state index contributed by atoms with van der Waals surface area (Å²) in [7, 11) is 0. The zero-order valence-electron chi connectivity index (χ0n) is 12.4. The quantitative estimate of drug-likeness (QED) is 0.664. The second-order valence-electron chi connectivity index (χ2n) is 5.62. The number of rotatable bonds is 8. The van der Waals surface area contributed by atoms with Gasteiger partial charge in [0.15, 0.2) is 0 Å². The Balaban J connectivity index is 2.05. The van der Waals surface area contributed by atoms with Crippen molar-refractivity contribution in [2.45, 2.75) is 58.5 Å². The Morgan fingerprint density at radius 3 is 2.47 bits per heavy atom. The van der Waals surface area contributed by atoms with Crippen molar-refractivity contribution in [3.63, 3.8) is 0 Å². The van der Waals surface area contributed by atoms with Crippen LogP contribution in [-0.2, 0) is 9.53 Å². The molecular weight excluding hydrogens is 242 g/mol. The third-order valence-electron chi connectivity index (χ3n) is 4.06. The van der Waals surface area contributed by atoms with Crippen molar-refractivity contribution in [3.05, 3.63) is 0 Å². The van der Waals surface area contributed by atoms with Crippen LogP contribution in [0, 0.1) is 11.8 Å². The zero-order valence-corrected chi connectivity index (χ0v) is 12.4. The van der Waals surface area contributed by atoms with Crippen LogP contribution in [-0.4, -0.2) is 36.9 Å². The SMILES string of the molecule is CCOC(=O)CC(O)CNCC1CCC(CC)CC1. The molecule has 19 heavy (non-hydrogen) atoms. The van der Waals surface area contributed by atoms with Gasteiger partial charge in [0.2, 0.25) is 0 Å². The molecule has 0 saturated heterocycles. The van der Waals surface area contributed by atoms with E-state index in [4.69, 9.17) is 4.74 Å². The molecule has 0 bridgehead atoms. The van der Waals surface area contributed by atoms with Gasteiger partial charge in [0.25, 0.3) is 0 Å². The molecular formula is C15H29NO3. The molecule has 0 radical (unpaired) electrons. The molecule has 4 nitrogen and oxygen atoms in total. The van der Waals surface area contributed by atoms with E-state index in [1.165, 1.54) is 32.1 Å². The number of carbonyl (C=O) groups is 1. The summed E-state index contributed by atoms with van der Waals surface area (Å²) in [4.78, 5) is 11.2. The van der Waals surface area contributed by atoms with Crippen molar-refractivity contribution < 1.29 is 14.6 Å². The van der Waals surface area contributed by atoms with Crippen LogP contribution in [0.5, 0.6) is 0 Å². The number of aliphatic hydroxyl groups excluding tert-OH is 1. The highest BCUT2D eigenvalue weighted by molar-refractivity contribution is 5.69. The molecule has 0 aromatic heterocycles. The standard InChI is InChI=1S/C15H29NO3/c1-3-12-5-7-13(8-6-12)10-16-11-14(17)9-15(18)19-4-2/h12-14,16-17H,3-11H2,1-2H3. The fourth-order valence-electron chi connectivity index (χ4n) is 2.78. The van der Waals surface area contributed by atoms with E-state index in [0.717, 1.165) is 18.4 Å². The summed E-state index contributed by atoms with van der Waals surface area (Å²) in [5.41, 5.74) is 0. The Morgan fingerprint density at radius 1 is 1.26 bits per heavy atom. The summed E-state index contributed by atoms with van der Waals surface area (Å²) < 4.78 is 4.81. The van der Waals surface area contributed by atoms with Gasteiger partial charge in [0.1, 0.15) is 0 Å². The molecule has 1 saturated carbocycles. The maximum absolute atomic E-state index is 11.2. The maximum atomic E-state index is 11.2. The van der Waals surface area contributed by atoms with Crippen LogP contribution in [0.15, 0.2) is 0 Å². The first kappa shape index (κ1) is 16.4. The van der Waals surface area contributed by atoms with E-state index >= 15 is 0 Å². The molecule has 0 aromatic rings. The molecule has 0 aliphatic heterocycles. The molecule has 1 unspecified atom stereocenters. The van der Waals surface area contributed by atoms with Gasteiger partial charge in [-0.1, -0.05) is 26.2 Å². The number of hydrogen-bond donors (Lipinski definition) is 2. The Labute approximate surface area is 116 Å². The van der Waals surface area contributed by atoms with E-state index in [9.17, 15) is 9.90 Å². The lowest BCUT2D eigenvalue weighted by atomic mass is 9.81. The van der Waals surface area contributed by atoms with E-state index in [-0.39, 0.29) is 12.4 Å². The first-order chi connectivity index (χ1) is 9.15. The van der Waals surface area contributed by atoms with Crippen molar-refractivity contribution in [2.24, 2.45) is 11.8 Å². The van der Waals surface area contributed by atoms with Gasteiger partial charge in [-0.05, 0) is 38.1 Å². The van der Waals surface area contributed by atoms with Crippen LogP contribution in [0.3, 0.4) is 0 Å². The maximum Gasteiger partial charge on any atom is 0.308 e. The molecule has 2 N–H and O–H groups in total. The third kappa shape index (κ3) is 6.92. The number of carbonyl (C=O) groups excluding carboxylic acids is 1. The van der Waals surface area contributed by atoms with Gasteiger partial charge in [0.05, 0.1) is 19.1 Å². The average molecular weight is 271 g/mol. The van der Waals surface area contributed by atoms with Gasteiger partial charge in [0, 0.05) is 6.54 Å². The lowest BCUT2D eigenvalue weighted by Crippen LogP contribution is -2.33. The summed E-state index contributed by atoms with van der Waals surface area (Å²) in [5.74, 6) is 1.34. The van der Waals surface area contributed by atoms with E-state index in [0.29, 0.717) is 13.2 Å². The molecule has 0 aromatic carbocycles. The second kappa shape index (κ2) is 9.32. The molecule has 1 aliphatic carbocycles. The van der Waals surface area contributed by atoms with Gasteiger partial charge in [-0.2, -0.15) is 0 Å². The van der Waals surface area contributed by atoms with E-state index < -0.39 is 6.10 Å². The van der Waals surface area contributed by atoms with Crippen LogP contribution in [0.25, 0.3) is 0 Å². The summed E-state index contributed by atoms with van der Waals surface area (Å²) in [6.07, 6.45) is 6.02. The topological polar surface area (TPSA) is 58.6 Å². The van der Waals surface area contributed by atoms with E-state index in [1.807, 2.05) is 0 Å². The molecule has 4 heteroatoms. The minimum Gasteiger partial charge on any atom is -0.466 e. The Kier molecular flexibility index (Phi) is 8.07. The number of ether oxygens (including phenoxy) is 1. The molecule has 0 heterocycles. The molecule has 1 fully saturated rings. The normalized spacial score (nSPS) is 25.0. The molecule has 0 spiro atoms. The van der Waals surface area contributed by atoms with Crippen LogP contribution < -0.4 is 5.32 Å². The Morgan fingerprint density at radius 2 is 1.89 bits per heavy atom. The molecule has 0 amide bonds. The van der Waals surface area contributed by atoms with Crippen LogP contribution in [0.1, 0.15) is 52.4 Å². The zero-order chi connectivity index (χ0) is 14.1. The predicted molar refractivity (Wildman–Crippen MR) is 75.9 cm³/mol. The van der Waals surface area contributed by atoms with E-state index in [1.54, 1.807) is 6.92 Å². The highest BCUT2D eigenvalue weighted by Gasteiger charge is 2.20. The molecule has 1 aliphatic rings.